The van der Waals surface area contributed by atoms with Gasteiger partial charge in [0.15, 0.2) is 23.3 Å². The van der Waals surface area contributed by atoms with Gasteiger partial charge in [0.2, 0.25) is 5.82 Å². The first-order valence-electron chi connectivity index (χ1n) is 4.83. The molecule has 0 N–H and O–H groups in total. The van der Waals surface area contributed by atoms with E-state index in [9.17, 15) is 26.7 Å². The van der Waals surface area contributed by atoms with Crippen LogP contribution in [-0.2, 0) is 16.0 Å². The molecule has 0 saturated heterocycles. The van der Waals surface area contributed by atoms with E-state index in [-0.39, 0.29) is 6.47 Å². The van der Waals surface area contributed by atoms with E-state index in [1.165, 1.54) is 13.8 Å². The second kappa shape index (κ2) is 4.91. The predicted octanol–water partition coefficient (Wildman–Crippen LogP) is 2.88. The van der Waals surface area contributed by atoms with Crippen LogP contribution >= 0.6 is 0 Å². The number of rotatable bonds is 4. The average molecular weight is 268 g/mol. The fourth-order valence-corrected chi connectivity index (χ4v) is 1.40. The van der Waals surface area contributed by atoms with Crippen molar-refractivity contribution in [1.82, 2.24) is 0 Å². The lowest BCUT2D eigenvalue weighted by atomic mass is 9.97. The third kappa shape index (κ3) is 2.60. The summed E-state index contributed by atoms with van der Waals surface area (Å²) in [5.74, 6) is -10.1. The lowest BCUT2D eigenvalue weighted by Crippen LogP contribution is -2.28. The average Bonchev–Trinajstić information content (AvgIpc) is 2.30. The van der Waals surface area contributed by atoms with Crippen LogP contribution in [0.3, 0.4) is 0 Å². The Bertz CT molecular complexity index is 456. The lowest BCUT2D eigenvalue weighted by Gasteiger charge is -2.23. The van der Waals surface area contributed by atoms with Crippen LogP contribution in [-0.4, -0.2) is 12.1 Å². The molecule has 1 aromatic carbocycles. The lowest BCUT2D eigenvalue weighted by molar-refractivity contribution is -0.140. The van der Waals surface area contributed by atoms with E-state index in [0.29, 0.717) is 0 Å². The summed E-state index contributed by atoms with van der Waals surface area (Å²) < 4.78 is 69.7. The highest BCUT2D eigenvalue weighted by molar-refractivity contribution is 5.38. The third-order valence-electron chi connectivity index (χ3n) is 2.27. The van der Waals surface area contributed by atoms with E-state index in [2.05, 4.69) is 4.74 Å². The minimum Gasteiger partial charge on any atom is -0.462 e. The Morgan fingerprint density at radius 2 is 1.33 bits per heavy atom. The largest absolute Gasteiger partial charge is 0.462 e. The fourth-order valence-electron chi connectivity index (χ4n) is 1.40. The van der Waals surface area contributed by atoms with Gasteiger partial charge in [0.05, 0.1) is 0 Å². The molecule has 0 amide bonds. The number of hydrogen-bond donors (Lipinski definition) is 0. The zero-order chi connectivity index (χ0) is 14.1. The molecule has 0 atom stereocenters. The van der Waals surface area contributed by atoms with Crippen LogP contribution in [0.2, 0.25) is 0 Å². The topological polar surface area (TPSA) is 26.3 Å². The van der Waals surface area contributed by atoms with Crippen LogP contribution in [0.1, 0.15) is 19.4 Å². The van der Waals surface area contributed by atoms with E-state index in [0.717, 1.165) is 0 Å². The summed E-state index contributed by atoms with van der Waals surface area (Å²) in [7, 11) is 0. The first-order chi connectivity index (χ1) is 8.21. The monoisotopic (exact) mass is 268 g/mol. The minimum absolute atomic E-state index is 0.0338. The Morgan fingerprint density at radius 3 is 1.72 bits per heavy atom. The Labute approximate surface area is 99.4 Å². The van der Waals surface area contributed by atoms with Gasteiger partial charge >= 0.3 is 0 Å². The second-order valence-electron chi connectivity index (χ2n) is 4.20. The third-order valence-corrected chi connectivity index (χ3v) is 2.27. The SMILES string of the molecule is CC(C)(Cc1c(F)c(F)c(F)c(F)c1F)OC=O. The van der Waals surface area contributed by atoms with Crippen molar-refractivity contribution in [3.05, 3.63) is 34.6 Å². The van der Waals surface area contributed by atoms with Gasteiger partial charge in [0.25, 0.3) is 6.47 Å². The number of ether oxygens (including phenoxy) is 1. The highest BCUT2D eigenvalue weighted by Crippen LogP contribution is 2.27. The van der Waals surface area contributed by atoms with Gasteiger partial charge < -0.3 is 4.74 Å². The van der Waals surface area contributed by atoms with Gasteiger partial charge in [0.1, 0.15) is 5.60 Å². The molecular formula is C11H9F5O2. The summed E-state index contributed by atoms with van der Waals surface area (Å²) in [4.78, 5) is 10.2. The molecular weight excluding hydrogens is 259 g/mol. The van der Waals surface area contributed by atoms with Gasteiger partial charge in [-0.15, -0.1) is 0 Å². The van der Waals surface area contributed by atoms with Crippen LogP contribution in [0.25, 0.3) is 0 Å². The first kappa shape index (κ1) is 14.4. The fraction of sp³-hybridized carbons (Fsp3) is 0.364. The molecule has 0 bridgehead atoms. The van der Waals surface area contributed by atoms with Crippen molar-refractivity contribution in [2.75, 3.05) is 0 Å². The van der Waals surface area contributed by atoms with Crippen molar-refractivity contribution in [3.63, 3.8) is 0 Å². The van der Waals surface area contributed by atoms with Gasteiger partial charge in [-0.25, -0.2) is 22.0 Å². The molecule has 0 radical (unpaired) electrons. The van der Waals surface area contributed by atoms with Crippen molar-refractivity contribution >= 4 is 6.47 Å². The normalized spacial score (nSPS) is 11.5. The van der Waals surface area contributed by atoms with Crippen molar-refractivity contribution in [1.29, 1.82) is 0 Å². The zero-order valence-electron chi connectivity index (χ0n) is 9.49. The Balaban J connectivity index is 3.30. The molecule has 0 aliphatic heterocycles. The van der Waals surface area contributed by atoms with E-state index in [1.807, 2.05) is 0 Å². The molecule has 1 aromatic rings. The van der Waals surface area contributed by atoms with Crippen LogP contribution in [0.4, 0.5) is 22.0 Å². The summed E-state index contributed by atoms with van der Waals surface area (Å²) in [6.07, 6.45) is -0.641. The van der Waals surface area contributed by atoms with E-state index in [1.54, 1.807) is 0 Å². The highest BCUT2D eigenvalue weighted by Gasteiger charge is 2.30. The zero-order valence-corrected chi connectivity index (χ0v) is 9.49. The molecule has 7 heteroatoms. The molecule has 100 valence electrons. The van der Waals surface area contributed by atoms with E-state index < -0.39 is 46.7 Å². The first-order valence-corrected chi connectivity index (χ1v) is 4.83. The minimum atomic E-state index is -2.22. The smallest absolute Gasteiger partial charge is 0.293 e. The molecule has 0 aliphatic rings. The van der Waals surface area contributed by atoms with Crippen LogP contribution in [0.5, 0.6) is 0 Å². The molecule has 0 heterocycles. The molecule has 0 unspecified atom stereocenters. The molecule has 0 aromatic heterocycles. The van der Waals surface area contributed by atoms with Gasteiger partial charge in [-0.05, 0) is 13.8 Å². The van der Waals surface area contributed by atoms with Gasteiger partial charge in [-0.1, -0.05) is 0 Å². The van der Waals surface area contributed by atoms with Crippen molar-refractivity contribution in [2.45, 2.75) is 25.9 Å². The molecule has 0 fully saturated rings. The number of carbonyl (C=O) groups is 1. The molecule has 2 nitrogen and oxygen atoms in total. The number of hydrogen-bond acceptors (Lipinski definition) is 2. The predicted molar refractivity (Wildman–Crippen MR) is 51.2 cm³/mol. The van der Waals surface area contributed by atoms with Crippen LogP contribution < -0.4 is 0 Å². The highest BCUT2D eigenvalue weighted by atomic mass is 19.2. The summed E-state index contributed by atoms with van der Waals surface area (Å²) in [6.45, 7) is 2.59. The second-order valence-corrected chi connectivity index (χ2v) is 4.20. The Hall–Kier alpha value is -1.66. The maximum absolute atomic E-state index is 13.3. The Morgan fingerprint density at radius 1 is 0.944 bits per heavy atom. The number of carbonyl (C=O) groups excluding carboxylic acids is 1. The van der Waals surface area contributed by atoms with Crippen molar-refractivity contribution in [2.24, 2.45) is 0 Å². The Kier molecular flexibility index (Phi) is 3.93. The summed E-state index contributed by atoms with van der Waals surface area (Å²) in [5, 5.41) is 0. The standard InChI is InChI=1S/C11H9F5O2/c1-11(2,18-4-17)3-5-6(12)8(14)10(16)9(15)7(5)13/h4H,3H2,1-2H3. The summed E-state index contributed by atoms with van der Waals surface area (Å²) in [6, 6.07) is 0. The van der Waals surface area contributed by atoms with Gasteiger partial charge in [0, 0.05) is 12.0 Å². The van der Waals surface area contributed by atoms with Crippen LogP contribution in [0.15, 0.2) is 0 Å². The van der Waals surface area contributed by atoms with Crippen molar-refractivity contribution in [3.8, 4) is 0 Å². The van der Waals surface area contributed by atoms with Gasteiger partial charge in [-0.2, -0.15) is 0 Å². The van der Waals surface area contributed by atoms with Gasteiger partial charge in [-0.3, -0.25) is 4.79 Å². The maximum atomic E-state index is 13.3. The summed E-state index contributed by atoms with van der Waals surface area (Å²) in [5.41, 5.74) is -2.40. The molecule has 18 heavy (non-hydrogen) atoms. The molecule has 1 rings (SSSR count). The van der Waals surface area contributed by atoms with Crippen LogP contribution in [0, 0.1) is 29.1 Å². The molecule has 0 aliphatic carbocycles. The molecule has 0 spiro atoms. The maximum Gasteiger partial charge on any atom is 0.293 e. The van der Waals surface area contributed by atoms with E-state index >= 15 is 0 Å². The number of benzene rings is 1. The number of halogens is 5. The quantitative estimate of drug-likeness (QED) is 0.363. The molecule has 0 saturated carbocycles. The van der Waals surface area contributed by atoms with Crippen molar-refractivity contribution < 1.29 is 31.5 Å². The van der Waals surface area contributed by atoms with E-state index in [4.69, 9.17) is 0 Å². The summed E-state index contributed by atoms with van der Waals surface area (Å²) >= 11 is 0.